The zero-order valence-corrected chi connectivity index (χ0v) is 17.2. The minimum Gasteiger partial charge on any atom is -0.490 e. The standard InChI is InChI=1S/C22H19FN2O4S/c1-3-28-19-10-6-7-11-20(19)29-21(27)13-12-16-14-30-22(24-16)25(15(2)26)18-9-5-4-8-17(18)23/h4-14H,3H2,1-2H3. The van der Waals surface area contributed by atoms with E-state index in [-0.39, 0.29) is 11.6 Å². The smallest absolute Gasteiger partial charge is 0.336 e. The van der Waals surface area contributed by atoms with E-state index in [0.29, 0.717) is 28.9 Å². The van der Waals surface area contributed by atoms with Gasteiger partial charge in [-0.1, -0.05) is 24.3 Å². The van der Waals surface area contributed by atoms with Gasteiger partial charge in [-0.25, -0.2) is 14.2 Å². The Balaban J connectivity index is 1.74. The van der Waals surface area contributed by atoms with Crippen molar-refractivity contribution in [3.8, 4) is 11.5 Å². The minimum atomic E-state index is -0.603. The van der Waals surface area contributed by atoms with Crippen molar-refractivity contribution in [3.63, 3.8) is 0 Å². The maximum absolute atomic E-state index is 14.1. The molecule has 2 aromatic carbocycles. The lowest BCUT2D eigenvalue weighted by atomic mass is 10.3. The van der Waals surface area contributed by atoms with E-state index in [1.807, 2.05) is 6.92 Å². The number of hydrogen-bond acceptors (Lipinski definition) is 6. The summed E-state index contributed by atoms with van der Waals surface area (Å²) >= 11 is 1.16. The highest BCUT2D eigenvalue weighted by Gasteiger charge is 2.20. The number of amides is 1. The first-order valence-corrected chi connectivity index (χ1v) is 10.00. The maximum atomic E-state index is 14.1. The Morgan fingerprint density at radius 2 is 1.83 bits per heavy atom. The van der Waals surface area contributed by atoms with Crippen LogP contribution in [0.15, 0.2) is 60.0 Å². The normalized spacial score (nSPS) is 10.8. The van der Waals surface area contributed by atoms with Crippen LogP contribution in [-0.2, 0) is 9.59 Å². The number of nitrogens with zero attached hydrogens (tertiary/aromatic N) is 2. The van der Waals surface area contributed by atoms with Crippen molar-refractivity contribution in [2.24, 2.45) is 0 Å². The number of rotatable bonds is 7. The molecule has 0 aliphatic heterocycles. The number of carbonyl (C=O) groups excluding carboxylic acids is 2. The first-order chi connectivity index (χ1) is 14.5. The Kier molecular flexibility index (Phi) is 6.92. The molecule has 0 unspecified atom stereocenters. The first kappa shape index (κ1) is 21.2. The first-order valence-electron chi connectivity index (χ1n) is 9.12. The fourth-order valence-electron chi connectivity index (χ4n) is 2.60. The summed E-state index contributed by atoms with van der Waals surface area (Å²) in [6.45, 7) is 3.61. The second-order valence-electron chi connectivity index (χ2n) is 5.99. The maximum Gasteiger partial charge on any atom is 0.336 e. The topological polar surface area (TPSA) is 68.7 Å². The molecule has 3 rings (SSSR count). The summed E-state index contributed by atoms with van der Waals surface area (Å²) in [6, 6.07) is 12.8. The highest BCUT2D eigenvalue weighted by molar-refractivity contribution is 7.14. The third-order valence-corrected chi connectivity index (χ3v) is 4.70. The number of para-hydroxylation sites is 3. The molecule has 0 atom stereocenters. The van der Waals surface area contributed by atoms with E-state index < -0.39 is 11.8 Å². The summed E-state index contributed by atoms with van der Waals surface area (Å²) < 4.78 is 24.9. The zero-order valence-electron chi connectivity index (χ0n) is 16.4. The number of carbonyl (C=O) groups is 2. The van der Waals surface area contributed by atoms with Crippen LogP contribution in [0.25, 0.3) is 6.08 Å². The second-order valence-corrected chi connectivity index (χ2v) is 6.83. The molecule has 30 heavy (non-hydrogen) atoms. The molecule has 8 heteroatoms. The molecule has 154 valence electrons. The van der Waals surface area contributed by atoms with Crippen molar-refractivity contribution in [2.75, 3.05) is 11.5 Å². The molecule has 3 aromatic rings. The minimum absolute atomic E-state index is 0.113. The molecule has 0 N–H and O–H groups in total. The summed E-state index contributed by atoms with van der Waals surface area (Å²) in [5.74, 6) is -0.724. The Morgan fingerprint density at radius 1 is 1.13 bits per heavy atom. The lowest BCUT2D eigenvalue weighted by molar-refractivity contribution is -0.129. The predicted molar refractivity (Wildman–Crippen MR) is 114 cm³/mol. The van der Waals surface area contributed by atoms with Crippen LogP contribution in [0.5, 0.6) is 11.5 Å². The van der Waals surface area contributed by atoms with E-state index in [1.54, 1.807) is 41.8 Å². The molecule has 0 aliphatic rings. The van der Waals surface area contributed by atoms with Gasteiger partial charge in [-0.15, -0.1) is 11.3 Å². The van der Waals surface area contributed by atoms with Gasteiger partial charge in [0.1, 0.15) is 5.82 Å². The van der Waals surface area contributed by atoms with Gasteiger partial charge < -0.3 is 9.47 Å². The summed E-state index contributed by atoms with van der Waals surface area (Å²) in [5, 5.41) is 1.95. The van der Waals surface area contributed by atoms with Crippen LogP contribution >= 0.6 is 11.3 Å². The monoisotopic (exact) mass is 426 g/mol. The van der Waals surface area contributed by atoms with Gasteiger partial charge in [0, 0.05) is 18.4 Å². The van der Waals surface area contributed by atoms with Crippen molar-refractivity contribution < 1.29 is 23.5 Å². The molecule has 0 fully saturated rings. The van der Waals surface area contributed by atoms with Crippen LogP contribution in [-0.4, -0.2) is 23.5 Å². The summed E-state index contributed by atoms with van der Waals surface area (Å²) in [4.78, 5) is 29.7. The molecule has 1 heterocycles. The SMILES string of the molecule is CCOc1ccccc1OC(=O)C=Cc1csc(N(C(C)=O)c2ccccc2F)n1. The number of esters is 1. The quantitative estimate of drug-likeness (QED) is 0.303. The molecule has 0 bridgehead atoms. The van der Waals surface area contributed by atoms with Gasteiger partial charge in [0.2, 0.25) is 5.91 Å². The van der Waals surface area contributed by atoms with Gasteiger partial charge in [-0.2, -0.15) is 0 Å². The molecule has 0 spiro atoms. The number of halogens is 1. The molecule has 1 aromatic heterocycles. The lowest BCUT2D eigenvalue weighted by Gasteiger charge is -2.18. The fraction of sp³-hybridized carbons (Fsp3) is 0.136. The van der Waals surface area contributed by atoms with E-state index in [0.717, 1.165) is 11.3 Å². The fourth-order valence-corrected chi connectivity index (χ4v) is 3.45. The van der Waals surface area contributed by atoms with E-state index in [4.69, 9.17) is 9.47 Å². The zero-order chi connectivity index (χ0) is 21.5. The summed E-state index contributed by atoms with van der Waals surface area (Å²) in [7, 11) is 0. The van der Waals surface area contributed by atoms with E-state index >= 15 is 0 Å². The van der Waals surface area contributed by atoms with E-state index in [2.05, 4.69) is 4.98 Å². The Labute approximate surface area is 177 Å². The average Bonchev–Trinajstić information content (AvgIpc) is 3.18. The van der Waals surface area contributed by atoms with Crippen LogP contribution in [0, 0.1) is 5.82 Å². The van der Waals surface area contributed by atoms with Gasteiger partial charge in [0.05, 0.1) is 18.0 Å². The Morgan fingerprint density at radius 3 is 2.53 bits per heavy atom. The van der Waals surface area contributed by atoms with Crippen LogP contribution in [0.3, 0.4) is 0 Å². The molecular formula is C22H19FN2O4S. The summed E-state index contributed by atoms with van der Waals surface area (Å²) in [6.07, 6.45) is 2.69. The molecule has 0 aliphatic carbocycles. The van der Waals surface area contributed by atoms with Crippen LogP contribution in [0.2, 0.25) is 0 Å². The number of ether oxygens (including phenoxy) is 2. The van der Waals surface area contributed by atoms with Gasteiger partial charge in [0.15, 0.2) is 16.6 Å². The van der Waals surface area contributed by atoms with Crippen molar-refractivity contribution >= 4 is 40.1 Å². The molecule has 0 saturated carbocycles. The number of benzene rings is 2. The van der Waals surface area contributed by atoms with E-state index in [9.17, 15) is 14.0 Å². The molecule has 0 saturated heterocycles. The third kappa shape index (κ3) is 5.09. The van der Waals surface area contributed by atoms with Crippen LogP contribution in [0.1, 0.15) is 19.5 Å². The molecule has 6 nitrogen and oxygen atoms in total. The van der Waals surface area contributed by atoms with E-state index in [1.165, 1.54) is 36.1 Å². The molecule has 1 amide bonds. The number of anilines is 2. The molecular weight excluding hydrogens is 407 g/mol. The molecule has 0 radical (unpaired) electrons. The number of hydrogen-bond donors (Lipinski definition) is 0. The van der Waals surface area contributed by atoms with Gasteiger partial charge >= 0.3 is 5.97 Å². The van der Waals surface area contributed by atoms with Crippen LogP contribution in [0.4, 0.5) is 15.2 Å². The van der Waals surface area contributed by atoms with Crippen molar-refractivity contribution in [1.82, 2.24) is 4.98 Å². The van der Waals surface area contributed by atoms with Gasteiger partial charge in [0.25, 0.3) is 0 Å². The highest BCUT2D eigenvalue weighted by Crippen LogP contribution is 2.31. The lowest BCUT2D eigenvalue weighted by Crippen LogP contribution is -2.23. The number of thiazole rings is 1. The van der Waals surface area contributed by atoms with Gasteiger partial charge in [-0.3, -0.25) is 9.69 Å². The van der Waals surface area contributed by atoms with Gasteiger partial charge in [-0.05, 0) is 37.3 Å². The van der Waals surface area contributed by atoms with Crippen molar-refractivity contribution in [3.05, 3.63) is 71.5 Å². The second kappa shape index (κ2) is 9.80. The third-order valence-electron chi connectivity index (χ3n) is 3.86. The Hall–Kier alpha value is -3.52. The van der Waals surface area contributed by atoms with Crippen molar-refractivity contribution in [1.29, 1.82) is 0 Å². The summed E-state index contributed by atoms with van der Waals surface area (Å²) in [5.41, 5.74) is 0.550. The predicted octanol–water partition coefficient (Wildman–Crippen LogP) is 4.98. The largest absolute Gasteiger partial charge is 0.490 e. The number of aromatic nitrogens is 1. The Bertz CT molecular complexity index is 1080. The van der Waals surface area contributed by atoms with Crippen molar-refractivity contribution in [2.45, 2.75) is 13.8 Å². The van der Waals surface area contributed by atoms with Crippen LogP contribution < -0.4 is 14.4 Å². The average molecular weight is 426 g/mol. The highest BCUT2D eigenvalue weighted by atomic mass is 32.1.